The second-order valence-electron chi connectivity index (χ2n) is 4.14. The average Bonchev–Trinajstić information content (AvgIpc) is 2.88. The van der Waals surface area contributed by atoms with Crippen LogP contribution >= 0.6 is 23.7 Å². The van der Waals surface area contributed by atoms with Gasteiger partial charge >= 0.3 is 0 Å². The van der Waals surface area contributed by atoms with Crippen molar-refractivity contribution in [2.24, 2.45) is 11.7 Å². The standard InChI is InChI=1S/C11H16N2OS.ClH/c1-8(12)9-4-5-13(7-9)11(14)10-3-2-6-15-10;/h2-3,6,8-9H,4-5,7,12H2,1H3;1H. The van der Waals surface area contributed by atoms with Crippen LogP contribution in [0.25, 0.3) is 0 Å². The zero-order valence-corrected chi connectivity index (χ0v) is 10.9. The van der Waals surface area contributed by atoms with Crippen molar-refractivity contribution in [1.82, 2.24) is 4.90 Å². The summed E-state index contributed by atoms with van der Waals surface area (Å²) < 4.78 is 0. The van der Waals surface area contributed by atoms with E-state index < -0.39 is 0 Å². The molecular formula is C11H17ClN2OS. The van der Waals surface area contributed by atoms with E-state index in [1.807, 2.05) is 29.3 Å². The Hall–Kier alpha value is -0.580. The van der Waals surface area contributed by atoms with Gasteiger partial charge in [0.15, 0.2) is 0 Å². The molecule has 2 N–H and O–H groups in total. The van der Waals surface area contributed by atoms with E-state index in [2.05, 4.69) is 0 Å². The van der Waals surface area contributed by atoms with E-state index >= 15 is 0 Å². The van der Waals surface area contributed by atoms with Gasteiger partial charge in [0.05, 0.1) is 4.88 Å². The topological polar surface area (TPSA) is 46.3 Å². The van der Waals surface area contributed by atoms with E-state index in [4.69, 9.17) is 5.73 Å². The maximum atomic E-state index is 12.0. The highest BCUT2D eigenvalue weighted by atomic mass is 35.5. The summed E-state index contributed by atoms with van der Waals surface area (Å²) in [5, 5.41) is 1.94. The number of carbonyl (C=O) groups excluding carboxylic acids is 1. The lowest BCUT2D eigenvalue weighted by molar-refractivity contribution is 0.0791. The average molecular weight is 261 g/mol. The van der Waals surface area contributed by atoms with Crippen LogP contribution in [0.2, 0.25) is 0 Å². The van der Waals surface area contributed by atoms with Crippen molar-refractivity contribution in [2.75, 3.05) is 13.1 Å². The van der Waals surface area contributed by atoms with Crippen LogP contribution in [-0.2, 0) is 0 Å². The first kappa shape index (κ1) is 13.5. The van der Waals surface area contributed by atoms with Gasteiger partial charge in [-0.25, -0.2) is 0 Å². The fourth-order valence-electron chi connectivity index (χ4n) is 1.96. The smallest absolute Gasteiger partial charge is 0.263 e. The van der Waals surface area contributed by atoms with E-state index in [1.165, 1.54) is 11.3 Å². The number of rotatable bonds is 2. The predicted octanol–water partition coefficient (Wildman–Crippen LogP) is 1.98. The fourth-order valence-corrected chi connectivity index (χ4v) is 2.65. The third kappa shape index (κ3) is 2.75. The van der Waals surface area contributed by atoms with Gasteiger partial charge in [0.2, 0.25) is 0 Å². The van der Waals surface area contributed by atoms with E-state index in [1.54, 1.807) is 0 Å². The zero-order chi connectivity index (χ0) is 10.8. The van der Waals surface area contributed by atoms with Crippen molar-refractivity contribution in [3.05, 3.63) is 22.4 Å². The molecule has 0 radical (unpaired) electrons. The molecule has 90 valence electrons. The highest BCUT2D eigenvalue weighted by molar-refractivity contribution is 7.12. The van der Waals surface area contributed by atoms with Gasteiger partial charge in [0.25, 0.3) is 5.91 Å². The molecule has 3 nitrogen and oxygen atoms in total. The molecule has 16 heavy (non-hydrogen) atoms. The molecule has 1 saturated heterocycles. The zero-order valence-electron chi connectivity index (χ0n) is 9.26. The molecule has 2 heterocycles. The Morgan fingerprint density at radius 1 is 1.69 bits per heavy atom. The van der Waals surface area contributed by atoms with Crippen LogP contribution in [-0.4, -0.2) is 29.9 Å². The lowest BCUT2D eigenvalue weighted by Crippen LogP contribution is -2.32. The molecule has 1 aromatic rings. The molecule has 1 amide bonds. The number of carbonyl (C=O) groups is 1. The maximum absolute atomic E-state index is 12.0. The largest absolute Gasteiger partial charge is 0.338 e. The van der Waals surface area contributed by atoms with Gasteiger partial charge in [-0.1, -0.05) is 6.07 Å². The minimum Gasteiger partial charge on any atom is -0.338 e. The minimum atomic E-state index is 0. The third-order valence-electron chi connectivity index (χ3n) is 2.99. The molecule has 2 unspecified atom stereocenters. The first-order valence-corrected chi connectivity index (χ1v) is 6.15. The maximum Gasteiger partial charge on any atom is 0.263 e. The van der Waals surface area contributed by atoms with Crippen molar-refractivity contribution >= 4 is 29.7 Å². The number of nitrogens with zero attached hydrogens (tertiary/aromatic N) is 1. The summed E-state index contributed by atoms with van der Waals surface area (Å²) in [6.07, 6.45) is 1.04. The molecular weight excluding hydrogens is 244 g/mol. The van der Waals surface area contributed by atoms with Crippen LogP contribution in [0.3, 0.4) is 0 Å². The Balaban J connectivity index is 0.00000128. The molecule has 5 heteroatoms. The van der Waals surface area contributed by atoms with E-state index in [-0.39, 0.29) is 24.4 Å². The first-order chi connectivity index (χ1) is 7.18. The van der Waals surface area contributed by atoms with Gasteiger partial charge in [-0.3, -0.25) is 4.79 Å². The molecule has 0 saturated carbocycles. The quantitative estimate of drug-likeness (QED) is 0.884. The summed E-state index contributed by atoms with van der Waals surface area (Å²) in [6, 6.07) is 3.98. The molecule has 1 aromatic heterocycles. The first-order valence-electron chi connectivity index (χ1n) is 5.27. The minimum absolute atomic E-state index is 0. The summed E-state index contributed by atoms with van der Waals surface area (Å²) in [4.78, 5) is 14.7. The summed E-state index contributed by atoms with van der Waals surface area (Å²) in [6.45, 7) is 3.68. The van der Waals surface area contributed by atoms with Crippen molar-refractivity contribution < 1.29 is 4.79 Å². The molecule has 0 spiro atoms. The molecule has 0 bridgehead atoms. The van der Waals surface area contributed by atoms with Crippen molar-refractivity contribution in [3.63, 3.8) is 0 Å². The molecule has 1 fully saturated rings. The van der Waals surface area contributed by atoms with Gasteiger partial charge in [-0.05, 0) is 30.7 Å². The Bertz CT molecular complexity index is 340. The van der Waals surface area contributed by atoms with Crippen molar-refractivity contribution in [3.8, 4) is 0 Å². The highest BCUT2D eigenvalue weighted by Gasteiger charge is 2.29. The van der Waals surface area contributed by atoms with E-state index in [0.717, 1.165) is 24.4 Å². The van der Waals surface area contributed by atoms with Gasteiger partial charge < -0.3 is 10.6 Å². The summed E-state index contributed by atoms with van der Waals surface area (Å²) in [5.41, 5.74) is 5.84. The number of thiophene rings is 1. The number of halogens is 1. The van der Waals surface area contributed by atoms with Gasteiger partial charge in [-0.2, -0.15) is 0 Å². The SMILES string of the molecule is CC(N)C1CCN(C(=O)c2cccs2)C1.Cl. The van der Waals surface area contributed by atoms with Crippen molar-refractivity contribution in [2.45, 2.75) is 19.4 Å². The van der Waals surface area contributed by atoms with Crippen LogP contribution in [0.15, 0.2) is 17.5 Å². The monoisotopic (exact) mass is 260 g/mol. The second kappa shape index (κ2) is 5.66. The third-order valence-corrected chi connectivity index (χ3v) is 3.85. The number of amides is 1. The predicted molar refractivity (Wildman–Crippen MR) is 69.2 cm³/mol. The second-order valence-corrected chi connectivity index (χ2v) is 5.08. The van der Waals surface area contributed by atoms with E-state index in [9.17, 15) is 4.79 Å². The fraction of sp³-hybridized carbons (Fsp3) is 0.545. The molecule has 2 rings (SSSR count). The van der Waals surface area contributed by atoms with Crippen LogP contribution in [0.1, 0.15) is 23.0 Å². The van der Waals surface area contributed by atoms with Gasteiger partial charge in [-0.15, -0.1) is 23.7 Å². The lowest BCUT2D eigenvalue weighted by Gasteiger charge is -2.17. The summed E-state index contributed by atoms with van der Waals surface area (Å²) >= 11 is 1.51. The number of nitrogens with two attached hydrogens (primary N) is 1. The Morgan fingerprint density at radius 2 is 2.44 bits per heavy atom. The molecule has 1 aliphatic heterocycles. The van der Waals surface area contributed by atoms with Crippen LogP contribution in [0, 0.1) is 5.92 Å². The van der Waals surface area contributed by atoms with Crippen LogP contribution < -0.4 is 5.73 Å². The number of hydrogen-bond acceptors (Lipinski definition) is 3. The summed E-state index contributed by atoms with van der Waals surface area (Å²) in [7, 11) is 0. The Kier molecular flexibility index (Phi) is 4.77. The number of likely N-dealkylation sites (tertiary alicyclic amines) is 1. The molecule has 0 aromatic carbocycles. The molecule has 1 aliphatic rings. The van der Waals surface area contributed by atoms with Gasteiger partial charge in [0, 0.05) is 19.1 Å². The highest BCUT2D eigenvalue weighted by Crippen LogP contribution is 2.22. The normalized spacial score (nSPS) is 21.6. The van der Waals surface area contributed by atoms with Gasteiger partial charge in [0.1, 0.15) is 0 Å². The molecule has 0 aliphatic carbocycles. The Morgan fingerprint density at radius 3 is 2.94 bits per heavy atom. The van der Waals surface area contributed by atoms with E-state index in [0.29, 0.717) is 5.92 Å². The number of hydrogen-bond donors (Lipinski definition) is 1. The summed E-state index contributed by atoms with van der Waals surface area (Å²) in [5.74, 6) is 0.627. The Labute approximate surface area is 106 Å². The van der Waals surface area contributed by atoms with Crippen LogP contribution in [0.4, 0.5) is 0 Å². The van der Waals surface area contributed by atoms with Crippen LogP contribution in [0.5, 0.6) is 0 Å². The molecule has 2 atom stereocenters. The van der Waals surface area contributed by atoms with Crippen molar-refractivity contribution in [1.29, 1.82) is 0 Å². The lowest BCUT2D eigenvalue weighted by atomic mass is 10.0.